The van der Waals surface area contributed by atoms with Gasteiger partial charge in [-0.1, -0.05) is 0 Å². The highest BCUT2D eigenvalue weighted by molar-refractivity contribution is 5.87. The number of Topliss-reactive ketones (excluding diaryl/α,β-unsaturated/α-hetero) is 1. The van der Waals surface area contributed by atoms with Gasteiger partial charge < -0.3 is 10.8 Å². The van der Waals surface area contributed by atoms with Crippen LogP contribution in [-0.2, 0) is 9.59 Å². The molecule has 3 N–H and O–H groups in total. The Balaban J connectivity index is 2.30. The number of carbonyl (C=O) groups is 2. The molecule has 0 amide bonds. The first-order valence-corrected chi connectivity index (χ1v) is 3.62. The Kier molecular flexibility index (Phi) is 2.24. The third kappa shape index (κ3) is 1.77. The van der Waals surface area contributed by atoms with Gasteiger partial charge in [-0.05, 0) is 12.8 Å². The topological polar surface area (TPSA) is 80.4 Å². The zero-order chi connectivity index (χ0) is 8.43. The van der Waals surface area contributed by atoms with Gasteiger partial charge in [-0.25, -0.2) is 0 Å². The van der Waals surface area contributed by atoms with Crippen LogP contribution < -0.4 is 5.73 Å². The smallest absolute Gasteiger partial charge is 0.320 e. The number of carboxylic acid groups (broad SMARTS) is 1. The van der Waals surface area contributed by atoms with Gasteiger partial charge in [0.25, 0.3) is 0 Å². The number of hydrogen-bond donors (Lipinski definition) is 2. The van der Waals surface area contributed by atoms with E-state index < -0.39 is 12.0 Å². The Morgan fingerprint density at radius 1 is 1.82 bits per heavy atom. The van der Waals surface area contributed by atoms with E-state index in [1.807, 2.05) is 0 Å². The summed E-state index contributed by atoms with van der Waals surface area (Å²) in [5.74, 6) is -0.951. The van der Waals surface area contributed by atoms with Crippen LogP contribution in [0.25, 0.3) is 0 Å². The average molecular weight is 157 g/mol. The van der Waals surface area contributed by atoms with Crippen molar-refractivity contribution in [3.63, 3.8) is 0 Å². The van der Waals surface area contributed by atoms with Crippen LogP contribution in [0.15, 0.2) is 0 Å². The SMILES string of the molecule is N[C@@H](CC1CCC1=O)C(=O)O. The molecule has 0 radical (unpaired) electrons. The normalized spacial score (nSPS) is 25.9. The van der Waals surface area contributed by atoms with Crippen molar-refractivity contribution in [2.24, 2.45) is 11.7 Å². The summed E-state index contributed by atoms with van der Waals surface area (Å²) < 4.78 is 0. The zero-order valence-corrected chi connectivity index (χ0v) is 6.12. The van der Waals surface area contributed by atoms with Gasteiger partial charge in [0.1, 0.15) is 11.8 Å². The second-order valence-corrected chi connectivity index (χ2v) is 2.88. The van der Waals surface area contributed by atoms with Gasteiger partial charge in [-0.3, -0.25) is 9.59 Å². The summed E-state index contributed by atoms with van der Waals surface area (Å²) in [6.07, 6.45) is 1.70. The fourth-order valence-electron chi connectivity index (χ4n) is 1.12. The lowest BCUT2D eigenvalue weighted by molar-refractivity contribution is -0.139. The molecule has 1 unspecified atom stereocenters. The number of ketones is 1. The second-order valence-electron chi connectivity index (χ2n) is 2.88. The van der Waals surface area contributed by atoms with E-state index in [2.05, 4.69) is 0 Å². The molecule has 1 rings (SSSR count). The maximum atomic E-state index is 10.7. The molecular weight excluding hydrogens is 146 g/mol. The summed E-state index contributed by atoms with van der Waals surface area (Å²) in [5.41, 5.74) is 5.24. The zero-order valence-electron chi connectivity index (χ0n) is 6.12. The molecule has 62 valence electrons. The molecule has 1 aliphatic carbocycles. The van der Waals surface area contributed by atoms with Crippen molar-refractivity contribution < 1.29 is 14.7 Å². The van der Waals surface area contributed by atoms with E-state index in [1.54, 1.807) is 0 Å². The van der Waals surface area contributed by atoms with Crippen molar-refractivity contribution >= 4 is 11.8 Å². The summed E-state index contributed by atoms with van der Waals surface area (Å²) in [6, 6.07) is -0.871. The number of hydrogen-bond acceptors (Lipinski definition) is 3. The number of carboxylic acids is 1. The average Bonchev–Trinajstić information content (AvgIpc) is 1.96. The van der Waals surface area contributed by atoms with E-state index in [-0.39, 0.29) is 11.7 Å². The van der Waals surface area contributed by atoms with Crippen molar-refractivity contribution in [2.45, 2.75) is 25.3 Å². The minimum Gasteiger partial charge on any atom is -0.480 e. The van der Waals surface area contributed by atoms with Gasteiger partial charge in [0.15, 0.2) is 0 Å². The van der Waals surface area contributed by atoms with Crippen molar-refractivity contribution in [3.8, 4) is 0 Å². The first-order valence-electron chi connectivity index (χ1n) is 3.62. The summed E-state index contributed by atoms with van der Waals surface area (Å²) in [4.78, 5) is 21.0. The lowest BCUT2D eigenvalue weighted by Gasteiger charge is -2.24. The van der Waals surface area contributed by atoms with Gasteiger partial charge >= 0.3 is 5.97 Å². The van der Waals surface area contributed by atoms with Crippen molar-refractivity contribution in [1.82, 2.24) is 0 Å². The molecule has 0 spiro atoms. The first kappa shape index (κ1) is 8.20. The summed E-state index contributed by atoms with van der Waals surface area (Å²) in [6.45, 7) is 0. The van der Waals surface area contributed by atoms with E-state index in [1.165, 1.54) is 0 Å². The second kappa shape index (κ2) is 3.00. The standard InChI is InChI=1S/C7H11NO3/c8-5(7(10)11)3-4-1-2-6(4)9/h4-5H,1-3,8H2,(H,10,11)/t4?,5-/m0/s1. The van der Waals surface area contributed by atoms with Crippen LogP contribution in [0.2, 0.25) is 0 Å². The molecule has 0 aromatic heterocycles. The summed E-state index contributed by atoms with van der Waals surface area (Å²) >= 11 is 0. The van der Waals surface area contributed by atoms with Gasteiger partial charge in [0, 0.05) is 12.3 Å². The molecule has 0 bridgehead atoms. The predicted molar refractivity (Wildman–Crippen MR) is 38.0 cm³/mol. The molecule has 1 aliphatic rings. The maximum absolute atomic E-state index is 10.7. The molecule has 0 heterocycles. The van der Waals surface area contributed by atoms with Crippen LogP contribution in [0, 0.1) is 5.92 Å². The highest BCUT2D eigenvalue weighted by Crippen LogP contribution is 2.26. The lowest BCUT2D eigenvalue weighted by Crippen LogP contribution is -2.37. The molecule has 0 aliphatic heterocycles. The largest absolute Gasteiger partial charge is 0.480 e. The fourth-order valence-corrected chi connectivity index (χ4v) is 1.12. The monoisotopic (exact) mass is 157 g/mol. The molecule has 4 heteroatoms. The van der Waals surface area contributed by atoms with E-state index >= 15 is 0 Å². The Morgan fingerprint density at radius 2 is 2.45 bits per heavy atom. The van der Waals surface area contributed by atoms with E-state index in [4.69, 9.17) is 10.8 Å². The quantitative estimate of drug-likeness (QED) is 0.592. The number of aliphatic carboxylic acids is 1. The van der Waals surface area contributed by atoms with Gasteiger partial charge in [0.2, 0.25) is 0 Å². The molecule has 1 saturated carbocycles. The van der Waals surface area contributed by atoms with Crippen molar-refractivity contribution in [2.75, 3.05) is 0 Å². The van der Waals surface area contributed by atoms with Crippen LogP contribution in [0.3, 0.4) is 0 Å². The summed E-state index contributed by atoms with van der Waals surface area (Å²) in [7, 11) is 0. The van der Waals surface area contributed by atoms with Crippen LogP contribution in [0.1, 0.15) is 19.3 Å². The minimum atomic E-state index is -1.02. The third-order valence-corrected chi connectivity index (χ3v) is 2.05. The molecule has 11 heavy (non-hydrogen) atoms. The molecule has 0 aromatic carbocycles. The molecule has 0 aromatic rings. The van der Waals surface area contributed by atoms with Crippen molar-refractivity contribution in [3.05, 3.63) is 0 Å². The molecule has 4 nitrogen and oxygen atoms in total. The third-order valence-electron chi connectivity index (χ3n) is 2.05. The van der Waals surface area contributed by atoms with Gasteiger partial charge in [-0.2, -0.15) is 0 Å². The molecule has 0 saturated heterocycles. The van der Waals surface area contributed by atoms with E-state index in [0.717, 1.165) is 6.42 Å². The Labute approximate surface area is 64.4 Å². The highest BCUT2D eigenvalue weighted by atomic mass is 16.4. The van der Waals surface area contributed by atoms with Crippen molar-refractivity contribution in [1.29, 1.82) is 0 Å². The van der Waals surface area contributed by atoms with E-state index in [9.17, 15) is 9.59 Å². The Bertz CT molecular complexity index is 182. The lowest BCUT2D eigenvalue weighted by atomic mass is 9.79. The first-order chi connectivity index (χ1) is 5.11. The van der Waals surface area contributed by atoms with Gasteiger partial charge in [-0.15, -0.1) is 0 Å². The molecular formula is C7H11NO3. The van der Waals surface area contributed by atoms with Crippen LogP contribution >= 0.6 is 0 Å². The number of rotatable bonds is 3. The van der Waals surface area contributed by atoms with Gasteiger partial charge in [0.05, 0.1) is 0 Å². The Morgan fingerprint density at radius 3 is 2.73 bits per heavy atom. The minimum absolute atomic E-state index is 0.0823. The Hall–Kier alpha value is -0.900. The van der Waals surface area contributed by atoms with Crippen LogP contribution in [0.5, 0.6) is 0 Å². The summed E-state index contributed by atoms with van der Waals surface area (Å²) in [5, 5.41) is 8.40. The number of nitrogens with two attached hydrogens (primary N) is 1. The number of carbonyl (C=O) groups excluding carboxylic acids is 1. The highest BCUT2D eigenvalue weighted by Gasteiger charge is 2.31. The molecule has 2 atom stereocenters. The fraction of sp³-hybridized carbons (Fsp3) is 0.714. The predicted octanol–water partition coefficient (Wildman–Crippen LogP) is -0.233. The van der Waals surface area contributed by atoms with E-state index in [0.29, 0.717) is 12.8 Å². The molecule has 1 fully saturated rings. The maximum Gasteiger partial charge on any atom is 0.320 e. The van der Waals surface area contributed by atoms with Crippen LogP contribution in [-0.4, -0.2) is 22.9 Å². The van der Waals surface area contributed by atoms with Crippen LogP contribution in [0.4, 0.5) is 0 Å².